The van der Waals surface area contributed by atoms with E-state index in [4.69, 9.17) is 16.2 Å². The van der Waals surface area contributed by atoms with Crippen molar-refractivity contribution in [1.29, 1.82) is 0 Å². The summed E-state index contributed by atoms with van der Waals surface area (Å²) >= 11 is 0. The highest BCUT2D eigenvalue weighted by molar-refractivity contribution is 5.72. The number of carbonyl (C=O) groups is 1. The lowest BCUT2D eigenvalue weighted by Crippen LogP contribution is -2.33. The van der Waals surface area contributed by atoms with Gasteiger partial charge in [-0.05, 0) is 13.8 Å². The van der Waals surface area contributed by atoms with Crippen LogP contribution in [0.3, 0.4) is 0 Å². The summed E-state index contributed by atoms with van der Waals surface area (Å²) in [5.41, 5.74) is 11.4. The molecule has 19 heavy (non-hydrogen) atoms. The Balaban J connectivity index is 2.69. The van der Waals surface area contributed by atoms with Crippen molar-refractivity contribution in [3.05, 3.63) is 17.9 Å². The Bertz CT molecular complexity index is 452. The van der Waals surface area contributed by atoms with Crippen LogP contribution in [0.4, 0.5) is 20.6 Å². The first-order valence-electron chi connectivity index (χ1n) is 5.93. The molecule has 106 valence electrons. The Morgan fingerprint density at radius 3 is 2.68 bits per heavy atom. The molecule has 0 heterocycles. The second kappa shape index (κ2) is 6.67. The van der Waals surface area contributed by atoms with Gasteiger partial charge in [-0.3, -0.25) is 0 Å². The summed E-state index contributed by atoms with van der Waals surface area (Å²) in [5.74, 6) is -0.374. The van der Waals surface area contributed by atoms with E-state index in [2.05, 4.69) is 10.6 Å². The van der Waals surface area contributed by atoms with E-state index in [1.54, 1.807) is 13.8 Å². The number of anilines is 2. The molecule has 6 N–H and O–H groups in total. The normalized spacial score (nSPS) is 10.3. The molecule has 0 saturated carbocycles. The number of rotatable bonds is 6. The van der Waals surface area contributed by atoms with Gasteiger partial charge in [0.1, 0.15) is 0 Å². The lowest BCUT2D eigenvalue weighted by atomic mass is 10.2. The van der Waals surface area contributed by atoms with E-state index in [0.717, 1.165) is 0 Å². The van der Waals surface area contributed by atoms with Crippen molar-refractivity contribution in [2.45, 2.75) is 20.0 Å². The lowest BCUT2D eigenvalue weighted by molar-refractivity contribution is 0.231. The Kier molecular flexibility index (Phi) is 5.23. The van der Waals surface area contributed by atoms with E-state index in [1.165, 1.54) is 12.1 Å². The molecular formula is C12H19FN4O2. The van der Waals surface area contributed by atoms with Crippen LogP contribution in [0.25, 0.3) is 0 Å². The summed E-state index contributed by atoms with van der Waals surface area (Å²) in [7, 11) is 0. The summed E-state index contributed by atoms with van der Waals surface area (Å²) in [6.07, 6.45) is -0.137. The summed E-state index contributed by atoms with van der Waals surface area (Å²) in [5, 5.41) is 5.39. The highest BCUT2D eigenvalue weighted by atomic mass is 19.1. The zero-order valence-electron chi connectivity index (χ0n) is 11.0. The maximum atomic E-state index is 13.6. The maximum absolute atomic E-state index is 13.6. The average Bonchev–Trinajstić information content (AvgIpc) is 2.29. The summed E-state index contributed by atoms with van der Waals surface area (Å²) in [6, 6.07) is 2.09. The van der Waals surface area contributed by atoms with Crippen molar-refractivity contribution in [2.75, 3.05) is 24.1 Å². The van der Waals surface area contributed by atoms with E-state index in [1.807, 2.05) is 0 Å². The molecule has 0 aliphatic rings. The molecule has 0 bridgehead atoms. The molecule has 0 unspecified atom stereocenters. The number of amides is 2. The topological polar surface area (TPSA) is 102 Å². The molecule has 0 atom stereocenters. The molecule has 7 heteroatoms. The number of nitrogens with two attached hydrogens (primary N) is 2. The summed E-state index contributed by atoms with van der Waals surface area (Å²) in [6.45, 7) is 4.37. The number of carbonyl (C=O) groups excluding carboxylic acids is 1. The molecule has 1 aromatic carbocycles. The minimum Gasteiger partial charge on any atom is -0.488 e. The molecular weight excluding hydrogens is 251 g/mol. The number of benzene rings is 1. The van der Waals surface area contributed by atoms with Crippen molar-refractivity contribution < 1.29 is 13.9 Å². The molecule has 1 rings (SSSR count). The van der Waals surface area contributed by atoms with Crippen LogP contribution in [-0.2, 0) is 0 Å². The molecule has 0 aromatic heterocycles. The van der Waals surface area contributed by atoms with Gasteiger partial charge in [0.15, 0.2) is 11.6 Å². The Morgan fingerprint density at radius 1 is 1.42 bits per heavy atom. The van der Waals surface area contributed by atoms with Gasteiger partial charge in [-0.1, -0.05) is 0 Å². The van der Waals surface area contributed by atoms with E-state index < -0.39 is 11.8 Å². The number of urea groups is 1. The van der Waals surface area contributed by atoms with Gasteiger partial charge in [-0.2, -0.15) is 0 Å². The fraction of sp³-hybridized carbons (Fsp3) is 0.417. The van der Waals surface area contributed by atoms with E-state index >= 15 is 0 Å². The predicted molar refractivity (Wildman–Crippen MR) is 72.7 cm³/mol. The fourth-order valence-corrected chi connectivity index (χ4v) is 1.45. The van der Waals surface area contributed by atoms with Crippen LogP contribution in [0.2, 0.25) is 0 Å². The van der Waals surface area contributed by atoms with Crippen LogP contribution in [0, 0.1) is 5.82 Å². The Morgan fingerprint density at radius 2 is 2.11 bits per heavy atom. The molecule has 0 radical (unpaired) electrons. The minimum atomic E-state index is -0.599. The van der Waals surface area contributed by atoms with Crippen LogP contribution < -0.4 is 26.8 Å². The van der Waals surface area contributed by atoms with Gasteiger partial charge in [0.05, 0.1) is 17.5 Å². The molecule has 0 spiro atoms. The van der Waals surface area contributed by atoms with Crippen molar-refractivity contribution >= 4 is 17.4 Å². The SMILES string of the molecule is CC(C)Oc1cc(NCCNC(N)=O)c(N)cc1F. The van der Waals surface area contributed by atoms with Crippen molar-refractivity contribution in [3.8, 4) is 5.75 Å². The fourth-order valence-electron chi connectivity index (χ4n) is 1.45. The molecule has 1 aromatic rings. The quantitative estimate of drug-likeness (QED) is 0.462. The minimum absolute atomic E-state index is 0.134. The summed E-state index contributed by atoms with van der Waals surface area (Å²) in [4.78, 5) is 10.5. The van der Waals surface area contributed by atoms with E-state index in [9.17, 15) is 9.18 Å². The molecule has 0 saturated heterocycles. The number of hydrogen-bond acceptors (Lipinski definition) is 4. The van der Waals surface area contributed by atoms with Crippen molar-refractivity contribution in [2.24, 2.45) is 5.73 Å². The van der Waals surface area contributed by atoms with Crippen molar-refractivity contribution in [1.82, 2.24) is 5.32 Å². The number of primary amides is 1. The largest absolute Gasteiger partial charge is 0.488 e. The maximum Gasteiger partial charge on any atom is 0.312 e. The van der Waals surface area contributed by atoms with Crippen LogP contribution in [0.5, 0.6) is 5.75 Å². The number of hydrogen-bond donors (Lipinski definition) is 4. The first-order chi connectivity index (χ1) is 8.90. The lowest BCUT2D eigenvalue weighted by Gasteiger charge is -2.15. The van der Waals surface area contributed by atoms with E-state index in [-0.39, 0.29) is 17.5 Å². The Hall–Kier alpha value is -2.18. The molecule has 0 aliphatic heterocycles. The number of ether oxygens (including phenoxy) is 1. The van der Waals surface area contributed by atoms with Gasteiger partial charge < -0.3 is 26.8 Å². The predicted octanol–water partition coefficient (Wildman–Crippen LogP) is 1.28. The molecule has 6 nitrogen and oxygen atoms in total. The smallest absolute Gasteiger partial charge is 0.312 e. The zero-order chi connectivity index (χ0) is 14.4. The van der Waals surface area contributed by atoms with Crippen LogP contribution in [0.15, 0.2) is 12.1 Å². The standard InChI is InChI=1S/C12H19FN4O2/c1-7(2)19-11-6-10(9(14)5-8(11)13)16-3-4-17-12(15)18/h5-7,16H,3-4,14H2,1-2H3,(H3,15,17,18). The average molecular weight is 270 g/mol. The zero-order valence-corrected chi connectivity index (χ0v) is 11.0. The van der Waals surface area contributed by atoms with Gasteiger partial charge in [0.25, 0.3) is 0 Å². The molecule has 2 amide bonds. The second-order valence-corrected chi connectivity index (χ2v) is 4.25. The Labute approximate surface area is 111 Å². The number of nitrogen functional groups attached to an aromatic ring is 1. The van der Waals surface area contributed by atoms with Crippen molar-refractivity contribution in [3.63, 3.8) is 0 Å². The highest BCUT2D eigenvalue weighted by Gasteiger charge is 2.10. The monoisotopic (exact) mass is 270 g/mol. The summed E-state index contributed by atoms with van der Waals surface area (Å²) < 4.78 is 18.9. The van der Waals surface area contributed by atoms with Crippen LogP contribution in [-0.4, -0.2) is 25.2 Å². The van der Waals surface area contributed by atoms with Gasteiger partial charge >= 0.3 is 6.03 Å². The van der Waals surface area contributed by atoms with Gasteiger partial charge in [0.2, 0.25) is 0 Å². The van der Waals surface area contributed by atoms with E-state index in [0.29, 0.717) is 18.8 Å². The van der Waals surface area contributed by atoms with Crippen LogP contribution >= 0.6 is 0 Å². The molecule has 0 aliphatic carbocycles. The third-order valence-corrected chi connectivity index (χ3v) is 2.21. The van der Waals surface area contributed by atoms with Gasteiger partial charge in [-0.15, -0.1) is 0 Å². The van der Waals surface area contributed by atoms with Crippen LogP contribution in [0.1, 0.15) is 13.8 Å². The number of nitrogens with one attached hydrogen (secondary N) is 2. The second-order valence-electron chi connectivity index (χ2n) is 4.25. The first kappa shape index (κ1) is 14.9. The number of halogens is 1. The van der Waals surface area contributed by atoms with Gasteiger partial charge in [-0.25, -0.2) is 9.18 Å². The highest BCUT2D eigenvalue weighted by Crippen LogP contribution is 2.28. The third-order valence-electron chi connectivity index (χ3n) is 2.21. The van der Waals surface area contributed by atoms with Gasteiger partial charge in [0, 0.05) is 25.2 Å². The first-order valence-corrected chi connectivity index (χ1v) is 5.93. The third kappa shape index (κ3) is 4.90. The molecule has 0 fully saturated rings.